The number of hydrogen-bond acceptors (Lipinski definition) is 7. The molecule has 2 aromatic heterocycles. The number of nitriles is 1. The maximum Gasteiger partial charge on any atom is 0.266 e. The molecule has 0 aromatic carbocycles. The normalized spacial score (nSPS) is 16.1. The quantitative estimate of drug-likeness (QED) is 0.796. The maximum atomic E-state index is 8.85. The molecule has 0 bridgehead atoms. The topological polar surface area (TPSA) is 82.1 Å². The molecule has 3 rings (SSSR count). The summed E-state index contributed by atoms with van der Waals surface area (Å²) in [6.07, 6.45) is 1.56. The highest BCUT2D eigenvalue weighted by Crippen LogP contribution is 2.20. The van der Waals surface area contributed by atoms with Crippen molar-refractivity contribution >= 4 is 5.95 Å². The van der Waals surface area contributed by atoms with Gasteiger partial charge in [0.05, 0.1) is 0 Å². The molecule has 1 saturated heterocycles. The number of likely N-dealkylation sites (N-methyl/N-ethyl adjacent to an activating group) is 1. The van der Waals surface area contributed by atoms with Crippen molar-refractivity contribution in [2.75, 3.05) is 38.1 Å². The zero-order chi connectivity index (χ0) is 13.9. The standard InChI is InChI=1S/C13H14N6O/c1-18-4-6-19(7-5-18)13-16-12(20-17-13)10-2-3-15-11(8-10)9-14/h2-3,8H,4-7H2,1H3. The Bertz CT molecular complexity index is 638. The van der Waals surface area contributed by atoms with Crippen LogP contribution < -0.4 is 4.90 Å². The summed E-state index contributed by atoms with van der Waals surface area (Å²) >= 11 is 0. The van der Waals surface area contributed by atoms with Gasteiger partial charge in [-0.15, -0.1) is 0 Å². The number of nitrogens with zero attached hydrogens (tertiary/aromatic N) is 6. The number of piperazine rings is 1. The fourth-order valence-electron chi connectivity index (χ4n) is 2.09. The second-order valence-electron chi connectivity index (χ2n) is 4.73. The molecule has 0 aliphatic carbocycles. The molecule has 0 amide bonds. The van der Waals surface area contributed by atoms with E-state index in [2.05, 4.69) is 32.0 Å². The minimum atomic E-state index is 0.335. The third-order valence-corrected chi connectivity index (χ3v) is 3.32. The zero-order valence-electron chi connectivity index (χ0n) is 11.2. The Morgan fingerprint density at radius 2 is 2.10 bits per heavy atom. The first kappa shape index (κ1) is 12.6. The Kier molecular flexibility index (Phi) is 3.31. The highest BCUT2D eigenvalue weighted by atomic mass is 16.5. The molecule has 102 valence electrons. The van der Waals surface area contributed by atoms with E-state index in [4.69, 9.17) is 9.78 Å². The minimum absolute atomic E-state index is 0.335. The van der Waals surface area contributed by atoms with Crippen LogP contribution in [0, 0.1) is 11.3 Å². The van der Waals surface area contributed by atoms with E-state index in [9.17, 15) is 0 Å². The van der Waals surface area contributed by atoms with Crippen molar-refractivity contribution in [1.29, 1.82) is 5.26 Å². The second-order valence-corrected chi connectivity index (χ2v) is 4.73. The van der Waals surface area contributed by atoms with Crippen LogP contribution in [0.2, 0.25) is 0 Å². The SMILES string of the molecule is CN1CCN(c2noc(-c3ccnc(C#N)c3)n2)CC1. The molecule has 20 heavy (non-hydrogen) atoms. The van der Waals surface area contributed by atoms with Crippen molar-refractivity contribution in [1.82, 2.24) is 20.0 Å². The minimum Gasteiger partial charge on any atom is -0.336 e. The molecule has 0 radical (unpaired) electrons. The summed E-state index contributed by atoms with van der Waals surface area (Å²) in [6.45, 7) is 3.74. The van der Waals surface area contributed by atoms with Crippen molar-refractivity contribution in [3.05, 3.63) is 24.0 Å². The fraction of sp³-hybridized carbons (Fsp3) is 0.385. The van der Waals surface area contributed by atoms with Gasteiger partial charge < -0.3 is 14.3 Å². The monoisotopic (exact) mass is 270 g/mol. The molecule has 2 aromatic rings. The van der Waals surface area contributed by atoms with Gasteiger partial charge in [-0.1, -0.05) is 0 Å². The highest BCUT2D eigenvalue weighted by Gasteiger charge is 2.19. The predicted octanol–water partition coefficient (Wildman–Crippen LogP) is 0.755. The van der Waals surface area contributed by atoms with Crippen molar-refractivity contribution < 1.29 is 4.52 Å². The Balaban J connectivity index is 1.81. The first-order chi connectivity index (χ1) is 9.76. The molecule has 0 saturated carbocycles. The molecule has 3 heterocycles. The highest BCUT2D eigenvalue weighted by molar-refractivity contribution is 5.55. The summed E-state index contributed by atoms with van der Waals surface area (Å²) in [5, 5.41) is 12.9. The summed E-state index contributed by atoms with van der Waals surface area (Å²) in [5.41, 5.74) is 1.05. The second kappa shape index (κ2) is 5.27. The molecule has 1 aliphatic rings. The first-order valence-electron chi connectivity index (χ1n) is 6.40. The number of rotatable bonds is 2. The van der Waals surface area contributed by atoms with Crippen LogP contribution in [-0.2, 0) is 0 Å². The van der Waals surface area contributed by atoms with Gasteiger partial charge in [-0.05, 0) is 24.3 Å². The predicted molar refractivity (Wildman–Crippen MR) is 72.0 cm³/mol. The van der Waals surface area contributed by atoms with E-state index in [0.29, 0.717) is 23.1 Å². The molecule has 1 fully saturated rings. The van der Waals surface area contributed by atoms with Gasteiger partial charge in [-0.2, -0.15) is 10.2 Å². The van der Waals surface area contributed by atoms with Gasteiger partial charge >= 0.3 is 0 Å². The molecular formula is C13H14N6O. The largest absolute Gasteiger partial charge is 0.336 e. The van der Waals surface area contributed by atoms with Gasteiger partial charge in [0.25, 0.3) is 11.8 Å². The number of hydrogen-bond donors (Lipinski definition) is 0. The average Bonchev–Trinajstić information content (AvgIpc) is 2.98. The zero-order valence-corrected chi connectivity index (χ0v) is 11.2. The molecule has 0 atom stereocenters. The van der Waals surface area contributed by atoms with E-state index in [1.54, 1.807) is 18.3 Å². The lowest BCUT2D eigenvalue weighted by molar-refractivity contribution is 0.309. The average molecular weight is 270 g/mol. The summed E-state index contributed by atoms with van der Waals surface area (Å²) < 4.78 is 5.28. The van der Waals surface area contributed by atoms with Crippen molar-refractivity contribution in [2.24, 2.45) is 0 Å². The maximum absolute atomic E-state index is 8.85. The lowest BCUT2D eigenvalue weighted by Crippen LogP contribution is -2.44. The van der Waals surface area contributed by atoms with E-state index in [0.717, 1.165) is 26.2 Å². The number of aromatic nitrogens is 3. The van der Waals surface area contributed by atoms with Crippen LogP contribution in [0.1, 0.15) is 5.69 Å². The van der Waals surface area contributed by atoms with Crippen molar-refractivity contribution in [3.63, 3.8) is 0 Å². The summed E-state index contributed by atoms with van der Waals surface area (Å²) in [7, 11) is 2.10. The Morgan fingerprint density at radius 3 is 2.85 bits per heavy atom. The van der Waals surface area contributed by atoms with Crippen molar-refractivity contribution in [2.45, 2.75) is 0 Å². The van der Waals surface area contributed by atoms with Crippen LogP contribution in [0.4, 0.5) is 5.95 Å². The molecule has 1 aliphatic heterocycles. The van der Waals surface area contributed by atoms with E-state index in [-0.39, 0.29) is 0 Å². The lowest BCUT2D eigenvalue weighted by Gasteiger charge is -2.31. The van der Waals surface area contributed by atoms with Crippen LogP contribution in [0.15, 0.2) is 22.9 Å². The summed E-state index contributed by atoms with van der Waals surface area (Å²) in [4.78, 5) is 12.7. The molecule has 0 unspecified atom stereocenters. The van der Waals surface area contributed by atoms with Crippen LogP contribution in [0.3, 0.4) is 0 Å². The molecule has 0 N–H and O–H groups in total. The van der Waals surface area contributed by atoms with Gasteiger partial charge in [0.2, 0.25) is 0 Å². The molecule has 7 heteroatoms. The Labute approximate surface area is 116 Å². The van der Waals surface area contributed by atoms with Gasteiger partial charge in [0, 0.05) is 37.9 Å². The number of anilines is 1. The van der Waals surface area contributed by atoms with Gasteiger partial charge in [-0.25, -0.2) is 4.98 Å². The van der Waals surface area contributed by atoms with E-state index < -0.39 is 0 Å². The van der Waals surface area contributed by atoms with Crippen LogP contribution >= 0.6 is 0 Å². The molecule has 7 nitrogen and oxygen atoms in total. The van der Waals surface area contributed by atoms with Crippen LogP contribution in [-0.4, -0.2) is 53.3 Å². The molecular weight excluding hydrogens is 256 g/mol. The first-order valence-corrected chi connectivity index (χ1v) is 6.40. The fourth-order valence-corrected chi connectivity index (χ4v) is 2.09. The smallest absolute Gasteiger partial charge is 0.266 e. The lowest BCUT2D eigenvalue weighted by atomic mass is 10.2. The van der Waals surface area contributed by atoms with Crippen LogP contribution in [0.5, 0.6) is 0 Å². The van der Waals surface area contributed by atoms with E-state index in [1.807, 2.05) is 6.07 Å². The Hall–Kier alpha value is -2.46. The third-order valence-electron chi connectivity index (χ3n) is 3.32. The van der Waals surface area contributed by atoms with E-state index in [1.165, 1.54) is 0 Å². The van der Waals surface area contributed by atoms with Gasteiger partial charge in [0.1, 0.15) is 11.8 Å². The van der Waals surface area contributed by atoms with Gasteiger partial charge in [-0.3, -0.25) is 0 Å². The van der Waals surface area contributed by atoms with Crippen molar-refractivity contribution in [3.8, 4) is 17.5 Å². The molecule has 0 spiro atoms. The van der Waals surface area contributed by atoms with Crippen LogP contribution in [0.25, 0.3) is 11.5 Å². The summed E-state index contributed by atoms with van der Waals surface area (Å²) in [6, 6.07) is 5.39. The summed E-state index contributed by atoms with van der Waals surface area (Å²) in [5.74, 6) is 1.02. The third kappa shape index (κ3) is 2.46. The number of pyridine rings is 1. The van der Waals surface area contributed by atoms with E-state index >= 15 is 0 Å². The Morgan fingerprint density at radius 1 is 1.30 bits per heavy atom. The van der Waals surface area contributed by atoms with Gasteiger partial charge in [0.15, 0.2) is 0 Å².